The number of anilines is 1. The molecule has 0 spiro atoms. The van der Waals surface area contributed by atoms with Gasteiger partial charge in [-0.1, -0.05) is 80.6 Å². The van der Waals surface area contributed by atoms with Crippen molar-refractivity contribution < 1.29 is 9.59 Å². The monoisotopic (exact) mass is 425 g/mol. The molecule has 0 aliphatic carbocycles. The number of amides is 2. The summed E-state index contributed by atoms with van der Waals surface area (Å²) in [5, 5.41) is 7.19. The van der Waals surface area contributed by atoms with Gasteiger partial charge in [-0.05, 0) is 41.8 Å². The van der Waals surface area contributed by atoms with Gasteiger partial charge in [0.15, 0.2) is 0 Å². The van der Waals surface area contributed by atoms with Crippen LogP contribution >= 0.6 is 0 Å². The first-order valence-corrected chi connectivity index (χ1v) is 10.6. The Labute approximate surface area is 188 Å². The standard InChI is InChI=1S/C27H27N3O2/c1-20(2)19-26(31)28-24-16-14-23(15-17-24)27(32)30-29-25(22-11-7-4-8-12-22)18-13-21-9-5-3-6-10-21/h3-18,20H,19H2,1-2H3,(H,28,31)(H,30,32)/b18-13+,29-25+. The summed E-state index contributed by atoms with van der Waals surface area (Å²) < 4.78 is 0. The molecule has 0 radical (unpaired) electrons. The predicted molar refractivity (Wildman–Crippen MR) is 130 cm³/mol. The minimum Gasteiger partial charge on any atom is -0.326 e. The average Bonchev–Trinajstić information content (AvgIpc) is 2.80. The first kappa shape index (κ1) is 22.7. The number of carbonyl (C=O) groups is 2. The molecule has 0 saturated carbocycles. The van der Waals surface area contributed by atoms with Gasteiger partial charge in [-0.25, -0.2) is 5.43 Å². The number of nitrogens with one attached hydrogen (secondary N) is 2. The topological polar surface area (TPSA) is 70.6 Å². The van der Waals surface area contributed by atoms with Crippen molar-refractivity contribution in [2.75, 3.05) is 5.32 Å². The third-order valence-electron chi connectivity index (χ3n) is 4.61. The summed E-state index contributed by atoms with van der Waals surface area (Å²) in [7, 11) is 0. The van der Waals surface area contributed by atoms with Gasteiger partial charge in [-0.15, -0.1) is 0 Å². The molecule has 5 heteroatoms. The predicted octanol–water partition coefficient (Wildman–Crippen LogP) is 5.52. The molecule has 3 aromatic rings. The Hall–Kier alpha value is -3.99. The number of rotatable bonds is 8. The quantitative estimate of drug-likeness (QED) is 0.369. The molecule has 3 aromatic carbocycles. The normalized spacial score (nSPS) is 11.5. The highest BCUT2D eigenvalue weighted by atomic mass is 16.2. The van der Waals surface area contributed by atoms with Crippen LogP contribution in [0, 0.1) is 5.92 Å². The molecule has 2 amide bonds. The maximum absolute atomic E-state index is 12.6. The van der Waals surface area contributed by atoms with E-state index in [9.17, 15) is 9.59 Å². The van der Waals surface area contributed by atoms with Crippen LogP contribution in [0.5, 0.6) is 0 Å². The lowest BCUT2D eigenvalue weighted by atomic mass is 10.1. The van der Waals surface area contributed by atoms with Crippen LogP contribution in [0.25, 0.3) is 6.08 Å². The maximum atomic E-state index is 12.6. The Kier molecular flexibility index (Phi) is 8.09. The van der Waals surface area contributed by atoms with E-state index in [0.717, 1.165) is 11.1 Å². The lowest BCUT2D eigenvalue weighted by molar-refractivity contribution is -0.116. The van der Waals surface area contributed by atoms with Gasteiger partial charge in [0.05, 0.1) is 5.71 Å². The molecule has 0 saturated heterocycles. The van der Waals surface area contributed by atoms with Crippen LogP contribution in [-0.4, -0.2) is 17.5 Å². The first-order valence-electron chi connectivity index (χ1n) is 10.6. The van der Waals surface area contributed by atoms with E-state index in [0.29, 0.717) is 23.4 Å². The SMILES string of the molecule is CC(C)CC(=O)Nc1ccc(C(=O)N/N=C(\C=C\c2ccccc2)c2ccccc2)cc1. The summed E-state index contributed by atoms with van der Waals surface area (Å²) >= 11 is 0. The van der Waals surface area contributed by atoms with Gasteiger partial charge in [0, 0.05) is 23.2 Å². The lowest BCUT2D eigenvalue weighted by Gasteiger charge is -2.08. The molecule has 0 heterocycles. The zero-order valence-corrected chi connectivity index (χ0v) is 18.3. The van der Waals surface area contributed by atoms with Crippen molar-refractivity contribution in [2.45, 2.75) is 20.3 Å². The van der Waals surface area contributed by atoms with E-state index in [2.05, 4.69) is 15.8 Å². The molecule has 0 aliphatic rings. The van der Waals surface area contributed by atoms with Gasteiger partial charge in [0.1, 0.15) is 0 Å². The number of hydrazone groups is 1. The minimum absolute atomic E-state index is 0.0421. The number of carbonyl (C=O) groups excluding carboxylic acids is 2. The van der Waals surface area contributed by atoms with Gasteiger partial charge < -0.3 is 5.32 Å². The second kappa shape index (κ2) is 11.4. The van der Waals surface area contributed by atoms with Crippen molar-refractivity contribution in [1.82, 2.24) is 5.43 Å². The van der Waals surface area contributed by atoms with Crippen LogP contribution in [0.2, 0.25) is 0 Å². The summed E-state index contributed by atoms with van der Waals surface area (Å²) in [4.78, 5) is 24.5. The van der Waals surface area contributed by atoms with E-state index in [1.807, 2.05) is 86.7 Å². The van der Waals surface area contributed by atoms with E-state index in [1.165, 1.54) is 0 Å². The zero-order valence-electron chi connectivity index (χ0n) is 18.3. The molecule has 0 unspecified atom stereocenters. The van der Waals surface area contributed by atoms with Crippen LogP contribution in [0.1, 0.15) is 41.8 Å². The molecule has 2 N–H and O–H groups in total. The highest BCUT2D eigenvalue weighted by molar-refractivity contribution is 6.11. The summed E-state index contributed by atoms with van der Waals surface area (Å²) in [5.41, 5.74) is 6.31. The third kappa shape index (κ3) is 7.06. The third-order valence-corrected chi connectivity index (χ3v) is 4.61. The minimum atomic E-state index is -0.327. The summed E-state index contributed by atoms with van der Waals surface area (Å²) in [6.45, 7) is 3.98. The van der Waals surface area contributed by atoms with Crippen LogP contribution < -0.4 is 10.7 Å². The largest absolute Gasteiger partial charge is 0.326 e. The van der Waals surface area contributed by atoms with E-state index in [4.69, 9.17) is 0 Å². The first-order chi connectivity index (χ1) is 15.5. The van der Waals surface area contributed by atoms with Crippen LogP contribution in [-0.2, 0) is 4.79 Å². The molecule has 3 rings (SSSR count). The fraction of sp³-hybridized carbons (Fsp3) is 0.148. The van der Waals surface area contributed by atoms with Gasteiger partial charge in [0.2, 0.25) is 5.91 Å². The highest BCUT2D eigenvalue weighted by Crippen LogP contribution is 2.12. The second-order valence-corrected chi connectivity index (χ2v) is 7.77. The number of nitrogens with zero attached hydrogens (tertiary/aromatic N) is 1. The van der Waals surface area contributed by atoms with Crippen molar-refractivity contribution >= 4 is 29.3 Å². The van der Waals surface area contributed by atoms with Gasteiger partial charge in [-0.2, -0.15) is 5.10 Å². The summed E-state index contributed by atoms with van der Waals surface area (Å²) in [6.07, 6.45) is 4.28. The number of hydrogen-bond donors (Lipinski definition) is 2. The second-order valence-electron chi connectivity index (χ2n) is 7.77. The van der Waals surface area contributed by atoms with Crippen LogP contribution in [0.15, 0.2) is 96.1 Å². The Balaban J connectivity index is 1.71. The van der Waals surface area contributed by atoms with Gasteiger partial charge in [0.25, 0.3) is 5.91 Å². The molecule has 5 nitrogen and oxygen atoms in total. The highest BCUT2D eigenvalue weighted by Gasteiger charge is 2.08. The Morgan fingerprint density at radius 1 is 0.844 bits per heavy atom. The molecule has 0 fully saturated rings. The zero-order chi connectivity index (χ0) is 22.8. The smallest absolute Gasteiger partial charge is 0.271 e. The van der Waals surface area contributed by atoms with Crippen molar-refractivity contribution in [3.63, 3.8) is 0 Å². The fourth-order valence-corrected chi connectivity index (χ4v) is 3.01. The summed E-state index contributed by atoms with van der Waals surface area (Å²) in [5.74, 6) is -0.0845. The van der Waals surface area contributed by atoms with E-state index in [-0.39, 0.29) is 17.7 Å². The number of hydrogen-bond acceptors (Lipinski definition) is 3. The molecular weight excluding hydrogens is 398 g/mol. The lowest BCUT2D eigenvalue weighted by Crippen LogP contribution is -2.20. The van der Waals surface area contributed by atoms with Crippen molar-refractivity contribution in [1.29, 1.82) is 0 Å². The molecule has 0 aliphatic heterocycles. The number of allylic oxidation sites excluding steroid dienone is 1. The van der Waals surface area contributed by atoms with Crippen LogP contribution in [0.4, 0.5) is 5.69 Å². The van der Waals surface area contributed by atoms with E-state index < -0.39 is 0 Å². The molecule has 0 atom stereocenters. The molecular formula is C27H27N3O2. The van der Waals surface area contributed by atoms with Gasteiger partial charge >= 0.3 is 0 Å². The van der Waals surface area contributed by atoms with Gasteiger partial charge in [-0.3, -0.25) is 9.59 Å². The number of benzene rings is 3. The molecule has 162 valence electrons. The fourth-order valence-electron chi connectivity index (χ4n) is 3.01. The summed E-state index contributed by atoms with van der Waals surface area (Å²) in [6, 6.07) is 26.3. The van der Waals surface area contributed by atoms with Crippen molar-refractivity contribution in [2.24, 2.45) is 11.0 Å². The molecule has 32 heavy (non-hydrogen) atoms. The maximum Gasteiger partial charge on any atom is 0.271 e. The van der Waals surface area contributed by atoms with Crippen molar-refractivity contribution in [3.8, 4) is 0 Å². The Bertz CT molecular complexity index is 1090. The Morgan fingerprint density at radius 3 is 2.09 bits per heavy atom. The van der Waals surface area contributed by atoms with Crippen LogP contribution in [0.3, 0.4) is 0 Å². The van der Waals surface area contributed by atoms with E-state index in [1.54, 1.807) is 24.3 Å². The van der Waals surface area contributed by atoms with E-state index >= 15 is 0 Å². The van der Waals surface area contributed by atoms with Crippen molar-refractivity contribution in [3.05, 3.63) is 108 Å². The molecule has 0 bridgehead atoms. The molecule has 0 aromatic heterocycles. The Morgan fingerprint density at radius 2 is 1.47 bits per heavy atom. The average molecular weight is 426 g/mol.